The van der Waals surface area contributed by atoms with Gasteiger partial charge in [0.05, 0.1) is 11.2 Å². The second-order valence-corrected chi connectivity index (χ2v) is 10.1. The summed E-state index contributed by atoms with van der Waals surface area (Å²) in [5.74, 6) is 1.59. The van der Waals surface area contributed by atoms with Crippen LogP contribution in [0.2, 0.25) is 0 Å². The lowest BCUT2D eigenvalue weighted by molar-refractivity contribution is -0.0665. The second-order valence-electron chi connectivity index (χ2n) is 7.84. The molecular formula is C24H32O4S2. The fourth-order valence-electron chi connectivity index (χ4n) is 3.17. The number of hydrogen-bond donors (Lipinski definition) is 2. The third-order valence-corrected chi connectivity index (χ3v) is 7.88. The van der Waals surface area contributed by atoms with Gasteiger partial charge in [-0.05, 0) is 87.1 Å². The fourth-order valence-corrected chi connectivity index (χ4v) is 5.10. The molecule has 0 saturated heterocycles. The van der Waals surface area contributed by atoms with E-state index in [1.807, 2.05) is 62.4 Å². The minimum atomic E-state index is -0.616. The van der Waals surface area contributed by atoms with Crippen LogP contribution in [-0.4, -0.2) is 34.6 Å². The molecular weight excluding hydrogens is 416 g/mol. The zero-order chi connectivity index (χ0) is 21.5. The highest BCUT2D eigenvalue weighted by Gasteiger charge is 2.35. The number of ether oxygens (including phenoxy) is 2. The quantitative estimate of drug-likeness (QED) is 0.452. The summed E-state index contributed by atoms with van der Waals surface area (Å²) in [5.41, 5.74) is -1.23. The van der Waals surface area contributed by atoms with Gasteiger partial charge in [0.1, 0.15) is 24.7 Å². The van der Waals surface area contributed by atoms with Crippen molar-refractivity contribution in [2.45, 2.75) is 73.4 Å². The second kappa shape index (κ2) is 10.8. The van der Waals surface area contributed by atoms with Crippen LogP contribution in [0.25, 0.3) is 0 Å². The summed E-state index contributed by atoms with van der Waals surface area (Å²) in [6, 6.07) is 16.0. The molecule has 4 rings (SSSR count). The van der Waals surface area contributed by atoms with Crippen molar-refractivity contribution in [1.82, 2.24) is 0 Å². The predicted octanol–water partition coefficient (Wildman–Crippen LogP) is 6.10. The van der Waals surface area contributed by atoms with Crippen molar-refractivity contribution in [3.05, 3.63) is 48.5 Å². The van der Waals surface area contributed by atoms with Crippen molar-refractivity contribution in [2.75, 3.05) is 13.2 Å². The van der Waals surface area contributed by atoms with Gasteiger partial charge in [0, 0.05) is 9.79 Å². The van der Waals surface area contributed by atoms with Gasteiger partial charge >= 0.3 is 0 Å². The molecule has 4 nitrogen and oxygen atoms in total. The highest BCUT2D eigenvalue weighted by atomic mass is 33.1. The summed E-state index contributed by atoms with van der Waals surface area (Å²) in [7, 11) is 3.38. The van der Waals surface area contributed by atoms with E-state index in [-0.39, 0.29) is 0 Å². The van der Waals surface area contributed by atoms with Gasteiger partial charge < -0.3 is 19.7 Å². The van der Waals surface area contributed by atoms with Gasteiger partial charge in [0.2, 0.25) is 0 Å². The lowest BCUT2D eigenvalue weighted by Gasteiger charge is -2.36. The Labute approximate surface area is 187 Å². The van der Waals surface area contributed by atoms with Gasteiger partial charge in [-0.3, -0.25) is 0 Å². The molecule has 0 radical (unpaired) electrons. The van der Waals surface area contributed by atoms with E-state index in [2.05, 4.69) is 0 Å². The zero-order valence-electron chi connectivity index (χ0n) is 17.8. The molecule has 0 spiro atoms. The standard InChI is InChI=1S/C22H26O4S2.C2H6/c23-21(11-1-12-21)15-25-17-3-7-19(8-4-17)27-28-20-9-5-18(6-10-20)26-16-22(24)13-2-14-22;1-2/h3-10,23-24H,1-2,11-16H2;1-2H3. The maximum absolute atomic E-state index is 10.1. The number of hydrogen-bond acceptors (Lipinski definition) is 6. The predicted molar refractivity (Wildman–Crippen MR) is 125 cm³/mol. The van der Waals surface area contributed by atoms with E-state index in [4.69, 9.17) is 9.47 Å². The monoisotopic (exact) mass is 448 g/mol. The van der Waals surface area contributed by atoms with E-state index in [1.54, 1.807) is 21.6 Å². The summed E-state index contributed by atoms with van der Waals surface area (Å²) >= 11 is 0. The maximum atomic E-state index is 10.1. The van der Waals surface area contributed by atoms with E-state index in [1.165, 1.54) is 0 Å². The Morgan fingerprint density at radius 3 is 1.27 bits per heavy atom. The molecule has 2 fully saturated rings. The van der Waals surface area contributed by atoms with Crippen molar-refractivity contribution < 1.29 is 19.7 Å². The molecule has 0 aliphatic heterocycles. The van der Waals surface area contributed by atoms with Crippen LogP contribution < -0.4 is 9.47 Å². The Balaban J connectivity index is 0.00000124. The molecule has 0 aromatic heterocycles. The van der Waals surface area contributed by atoms with Crippen LogP contribution in [-0.2, 0) is 0 Å². The van der Waals surface area contributed by atoms with Crippen LogP contribution >= 0.6 is 21.6 Å². The molecule has 30 heavy (non-hydrogen) atoms. The highest BCUT2D eigenvalue weighted by Crippen LogP contribution is 2.39. The van der Waals surface area contributed by atoms with Crippen LogP contribution in [0.3, 0.4) is 0 Å². The lowest BCUT2D eigenvalue weighted by atomic mass is 9.81. The fraction of sp³-hybridized carbons (Fsp3) is 0.500. The minimum absolute atomic E-state index is 0.375. The third kappa shape index (κ3) is 6.58. The van der Waals surface area contributed by atoms with Gasteiger partial charge in [-0.2, -0.15) is 0 Å². The number of aliphatic hydroxyl groups is 2. The minimum Gasteiger partial charge on any atom is -0.491 e. The first-order chi connectivity index (χ1) is 14.5. The Morgan fingerprint density at radius 2 is 1.00 bits per heavy atom. The molecule has 6 heteroatoms. The molecule has 2 saturated carbocycles. The largest absolute Gasteiger partial charge is 0.491 e. The van der Waals surface area contributed by atoms with Crippen molar-refractivity contribution in [1.29, 1.82) is 0 Å². The van der Waals surface area contributed by atoms with E-state index in [9.17, 15) is 10.2 Å². The lowest BCUT2D eigenvalue weighted by Crippen LogP contribution is -2.42. The summed E-state index contributed by atoms with van der Waals surface area (Å²) in [6.45, 7) is 4.75. The molecule has 2 aromatic rings. The molecule has 0 unspecified atom stereocenters. The molecule has 164 valence electrons. The first kappa shape index (κ1) is 23.3. The number of benzene rings is 2. The average molecular weight is 449 g/mol. The van der Waals surface area contributed by atoms with Crippen LogP contribution in [0.1, 0.15) is 52.4 Å². The van der Waals surface area contributed by atoms with Crippen molar-refractivity contribution in [2.24, 2.45) is 0 Å². The van der Waals surface area contributed by atoms with Crippen molar-refractivity contribution in [3.63, 3.8) is 0 Å². The van der Waals surface area contributed by atoms with E-state index in [0.717, 1.165) is 59.8 Å². The van der Waals surface area contributed by atoms with Gasteiger partial charge in [0.25, 0.3) is 0 Å². The van der Waals surface area contributed by atoms with Gasteiger partial charge in [-0.1, -0.05) is 35.4 Å². The number of rotatable bonds is 9. The molecule has 0 atom stereocenters. The Hall–Kier alpha value is -1.34. The van der Waals surface area contributed by atoms with Gasteiger partial charge in [-0.15, -0.1) is 0 Å². The maximum Gasteiger partial charge on any atom is 0.119 e. The normalized spacial score (nSPS) is 18.3. The molecule has 2 aliphatic carbocycles. The summed E-state index contributed by atoms with van der Waals surface area (Å²) in [4.78, 5) is 2.29. The zero-order valence-corrected chi connectivity index (χ0v) is 19.4. The molecule has 2 aliphatic rings. The highest BCUT2D eigenvalue weighted by molar-refractivity contribution is 8.76. The SMILES string of the molecule is CC.OC1(COc2ccc(SSc3ccc(OCC4(O)CCC4)cc3)cc2)CCC1. The van der Waals surface area contributed by atoms with Crippen LogP contribution in [0.4, 0.5) is 0 Å². The molecule has 0 amide bonds. The van der Waals surface area contributed by atoms with Crippen LogP contribution in [0.5, 0.6) is 11.5 Å². The first-order valence-corrected chi connectivity index (χ1v) is 12.9. The van der Waals surface area contributed by atoms with Crippen molar-refractivity contribution in [3.8, 4) is 11.5 Å². The average Bonchev–Trinajstić information content (AvgIpc) is 2.75. The third-order valence-electron chi connectivity index (χ3n) is 5.47. The van der Waals surface area contributed by atoms with E-state index >= 15 is 0 Å². The van der Waals surface area contributed by atoms with Crippen LogP contribution in [0.15, 0.2) is 58.3 Å². The van der Waals surface area contributed by atoms with E-state index in [0.29, 0.717) is 13.2 Å². The van der Waals surface area contributed by atoms with Crippen molar-refractivity contribution >= 4 is 21.6 Å². The van der Waals surface area contributed by atoms with Gasteiger partial charge in [0.15, 0.2) is 0 Å². The topological polar surface area (TPSA) is 58.9 Å². The Kier molecular flexibility index (Phi) is 8.40. The van der Waals surface area contributed by atoms with E-state index < -0.39 is 11.2 Å². The van der Waals surface area contributed by atoms with Crippen LogP contribution in [0, 0.1) is 0 Å². The Morgan fingerprint density at radius 1 is 0.667 bits per heavy atom. The summed E-state index contributed by atoms with van der Waals surface area (Å²) in [5, 5.41) is 20.2. The first-order valence-electron chi connectivity index (χ1n) is 10.8. The summed E-state index contributed by atoms with van der Waals surface area (Å²) < 4.78 is 11.4. The summed E-state index contributed by atoms with van der Waals surface area (Å²) in [6.07, 6.45) is 5.51. The Bertz CT molecular complexity index is 701. The molecule has 2 aromatic carbocycles. The smallest absolute Gasteiger partial charge is 0.119 e. The van der Waals surface area contributed by atoms with Gasteiger partial charge in [-0.25, -0.2) is 0 Å². The molecule has 2 N–H and O–H groups in total. The molecule has 0 heterocycles. The molecule has 0 bridgehead atoms.